The van der Waals surface area contributed by atoms with E-state index in [-0.39, 0.29) is 10.5 Å². The van der Waals surface area contributed by atoms with Gasteiger partial charge in [0.1, 0.15) is 5.92 Å². The lowest BCUT2D eigenvalue weighted by Crippen LogP contribution is -2.20. The van der Waals surface area contributed by atoms with Gasteiger partial charge in [-0.05, 0) is 19.1 Å². The Labute approximate surface area is 99.0 Å². The maximum Gasteiger partial charge on any atom is 0.314 e. The average molecular weight is 256 g/mol. The molecule has 1 unspecified atom stereocenters. The second-order valence-corrected chi connectivity index (χ2v) is 5.74. The second kappa shape index (κ2) is 4.67. The molecule has 0 aliphatic heterocycles. The highest BCUT2D eigenvalue weighted by Crippen LogP contribution is 2.13. The normalized spacial score (nSPS) is 13.1. The molecule has 0 aromatic heterocycles. The molecule has 0 bridgehead atoms. The molecule has 1 aromatic rings. The van der Waals surface area contributed by atoms with E-state index in [9.17, 15) is 18.0 Å². The van der Waals surface area contributed by atoms with E-state index in [0.29, 0.717) is 0 Å². The van der Waals surface area contributed by atoms with E-state index in [2.05, 4.69) is 0 Å². The van der Waals surface area contributed by atoms with E-state index < -0.39 is 27.5 Å². The number of carbonyl (C=O) groups is 2. The Morgan fingerprint density at radius 3 is 2.00 bits per heavy atom. The maximum atomic E-state index is 11.6. The van der Waals surface area contributed by atoms with Crippen LogP contribution in [-0.2, 0) is 14.6 Å². The van der Waals surface area contributed by atoms with Gasteiger partial charge in [-0.25, -0.2) is 8.42 Å². The summed E-state index contributed by atoms with van der Waals surface area (Å²) in [6.45, 7) is 1.29. The summed E-state index contributed by atoms with van der Waals surface area (Å²) in [4.78, 5) is 22.3. The number of rotatable bonds is 4. The summed E-state index contributed by atoms with van der Waals surface area (Å²) in [6, 6.07) is 5.21. The fourth-order valence-electron chi connectivity index (χ4n) is 1.23. The van der Waals surface area contributed by atoms with Crippen LogP contribution in [0.25, 0.3) is 0 Å². The average Bonchev–Trinajstić information content (AvgIpc) is 2.26. The molecular weight excluding hydrogens is 244 g/mol. The van der Waals surface area contributed by atoms with Crippen LogP contribution in [0, 0.1) is 5.92 Å². The molecule has 17 heavy (non-hydrogen) atoms. The highest BCUT2D eigenvalue weighted by molar-refractivity contribution is 7.90. The molecule has 0 amide bonds. The van der Waals surface area contributed by atoms with Crippen molar-refractivity contribution in [3.63, 3.8) is 0 Å². The maximum absolute atomic E-state index is 11.6. The van der Waals surface area contributed by atoms with Crippen LogP contribution in [-0.4, -0.2) is 31.5 Å². The topological polar surface area (TPSA) is 88.5 Å². The number of ketones is 1. The summed E-state index contributed by atoms with van der Waals surface area (Å²) in [7, 11) is -3.31. The number of hydrogen-bond acceptors (Lipinski definition) is 4. The highest BCUT2D eigenvalue weighted by atomic mass is 32.2. The van der Waals surface area contributed by atoms with Crippen LogP contribution >= 0.6 is 0 Å². The Balaban J connectivity index is 3.04. The minimum absolute atomic E-state index is 0.0945. The van der Waals surface area contributed by atoms with Gasteiger partial charge in [0.25, 0.3) is 0 Å². The van der Waals surface area contributed by atoms with Crippen molar-refractivity contribution in [3.8, 4) is 0 Å². The standard InChI is InChI=1S/C11H12O5S/c1-7(11(13)14)10(12)8-3-5-9(6-4-8)17(2,15)16/h3-7H,1-2H3,(H,13,14). The first kappa shape index (κ1) is 13.4. The Bertz CT molecular complexity index is 542. The van der Waals surface area contributed by atoms with Crippen molar-refractivity contribution in [1.29, 1.82) is 0 Å². The molecule has 0 fully saturated rings. The summed E-state index contributed by atoms with van der Waals surface area (Å²) in [6.07, 6.45) is 1.06. The van der Waals surface area contributed by atoms with Crippen molar-refractivity contribution in [2.24, 2.45) is 5.92 Å². The third kappa shape index (κ3) is 3.13. The van der Waals surface area contributed by atoms with Crippen molar-refractivity contribution in [2.45, 2.75) is 11.8 Å². The molecule has 1 rings (SSSR count). The number of benzene rings is 1. The van der Waals surface area contributed by atoms with Crippen LogP contribution in [0.3, 0.4) is 0 Å². The lowest BCUT2D eigenvalue weighted by molar-refractivity contribution is -0.139. The number of aliphatic carboxylic acids is 1. The molecule has 1 N–H and O–H groups in total. The van der Waals surface area contributed by atoms with Gasteiger partial charge in [0.05, 0.1) is 4.90 Å². The predicted molar refractivity (Wildman–Crippen MR) is 60.7 cm³/mol. The molecular formula is C11H12O5S. The summed E-state index contributed by atoms with van der Waals surface area (Å²) in [5, 5.41) is 8.68. The fourth-order valence-corrected chi connectivity index (χ4v) is 1.86. The zero-order valence-electron chi connectivity index (χ0n) is 9.38. The molecule has 5 nitrogen and oxygen atoms in total. The molecule has 0 spiro atoms. The van der Waals surface area contributed by atoms with E-state index in [1.54, 1.807) is 0 Å². The smallest absolute Gasteiger partial charge is 0.314 e. The predicted octanol–water partition coefficient (Wildman–Crippen LogP) is 0.994. The van der Waals surface area contributed by atoms with E-state index in [0.717, 1.165) is 6.26 Å². The van der Waals surface area contributed by atoms with E-state index in [1.807, 2.05) is 0 Å². The number of hydrogen-bond donors (Lipinski definition) is 1. The van der Waals surface area contributed by atoms with Crippen molar-refractivity contribution in [1.82, 2.24) is 0 Å². The van der Waals surface area contributed by atoms with E-state index in [1.165, 1.54) is 31.2 Å². The molecule has 0 aliphatic rings. The van der Waals surface area contributed by atoms with Gasteiger partial charge in [-0.3, -0.25) is 9.59 Å². The van der Waals surface area contributed by atoms with Gasteiger partial charge in [-0.1, -0.05) is 12.1 Å². The monoisotopic (exact) mass is 256 g/mol. The molecule has 6 heteroatoms. The largest absolute Gasteiger partial charge is 0.481 e. The first-order chi connectivity index (χ1) is 7.73. The zero-order chi connectivity index (χ0) is 13.2. The molecule has 1 atom stereocenters. The summed E-state index contributed by atoms with van der Waals surface area (Å²) < 4.78 is 22.4. The van der Waals surface area contributed by atoms with Crippen molar-refractivity contribution in [3.05, 3.63) is 29.8 Å². The number of Topliss-reactive ketones (excluding diaryl/α,β-unsaturated/α-hetero) is 1. The third-order valence-electron chi connectivity index (χ3n) is 2.33. The Morgan fingerprint density at radius 1 is 1.18 bits per heavy atom. The Kier molecular flexibility index (Phi) is 3.67. The lowest BCUT2D eigenvalue weighted by atomic mass is 10.00. The van der Waals surface area contributed by atoms with Crippen LogP contribution in [0.15, 0.2) is 29.2 Å². The van der Waals surface area contributed by atoms with E-state index in [4.69, 9.17) is 5.11 Å². The van der Waals surface area contributed by atoms with Crippen LogP contribution < -0.4 is 0 Å². The number of sulfone groups is 1. The van der Waals surface area contributed by atoms with Crippen LogP contribution in [0.2, 0.25) is 0 Å². The number of carbonyl (C=O) groups excluding carboxylic acids is 1. The third-order valence-corrected chi connectivity index (χ3v) is 3.46. The highest BCUT2D eigenvalue weighted by Gasteiger charge is 2.22. The van der Waals surface area contributed by atoms with Gasteiger partial charge in [0.2, 0.25) is 0 Å². The van der Waals surface area contributed by atoms with Crippen molar-refractivity contribution < 1.29 is 23.1 Å². The minimum atomic E-state index is -3.31. The van der Waals surface area contributed by atoms with Crippen LogP contribution in [0.1, 0.15) is 17.3 Å². The number of carboxylic acid groups (broad SMARTS) is 1. The van der Waals surface area contributed by atoms with Crippen LogP contribution in [0.4, 0.5) is 0 Å². The molecule has 92 valence electrons. The van der Waals surface area contributed by atoms with E-state index >= 15 is 0 Å². The van der Waals surface area contributed by atoms with Crippen molar-refractivity contribution in [2.75, 3.05) is 6.26 Å². The van der Waals surface area contributed by atoms with Gasteiger partial charge in [0.15, 0.2) is 15.6 Å². The first-order valence-electron chi connectivity index (χ1n) is 4.80. The summed E-state index contributed by atoms with van der Waals surface area (Å²) in [5.74, 6) is -2.89. The zero-order valence-corrected chi connectivity index (χ0v) is 10.2. The molecule has 0 aliphatic carbocycles. The molecule has 0 saturated heterocycles. The van der Waals surface area contributed by atoms with Crippen LogP contribution in [0.5, 0.6) is 0 Å². The molecule has 0 heterocycles. The van der Waals surface area contributed by atoms with Gasteiger partial charge in [0, 0.05) is 11.8 Å². The molecule has 1 aromatic carbocycles. The first-order valence-corrected chi connectivity index (χ1v) is 6.70. The molecule has 0 radical (unpaired) electrons. The van der Waals surface area contributed by atoms with Gasteiger partial charge >= 0.3 is 5.97 Å². The Morgan fingerprint density at radius 2 is 1.65 bits per heavy atom. The molecule has 0 saturated carbocycles. The second-order valence-electron chi connectivity index (χ2n) is 3.72. The number of carboxylic acids is 1. The van der Waals surface area contributed by atoms with Gasteiger partial charge in [-0.2, -0.15) is 0 Å². The summed E-state index contributed by atoms with van der Waals surface area (Å²) in [5.41, 5.74) is 0.187. The lowest BCUT2D eigenvalue weighted by Gasteiger charge is -2.05. The van der Waals surface area contributed by atoms with Gasteiger partial charge in [-0.15, -0.1) is 0 Å². The SMILES string of the molecule is CC(C(=O)O)C(=O)c1ccc(S(C)(=O)=O)cc1. The quantitative estimate of drug-likeness (QED) is 0.641. The minimum Gasteiger partial charge on any atom is -0.481 e. The Hall–Kier alpha value is -1.69. The van der Waals surface area contributed by atoms with Crippen molar-refractivity contribution >= 4 is 21.6 Å². The van der Waals surface area contributed by atoms with Gasteiger partial charge < -0.3 is 5.11 Å². The fraction of sp³-hybridized carbons (Fsp3) is 0.273. The summed E-state index contributed by atoms with van der Waals surface area (Å²) >= 11 is 0.